The second kappa shape index (κ2) is 11.0. The van der Waals surface area contributed by atoms with Crippen LogP contribution < -0.4 is 16.0 Å². The maximum atomic E-state index is 13.3. The highest BCUT2D eigenvalue weighted by Crippen LogP contribution is 2.41. The van der Waals surface area contributed by atoms with Crippen molar-refractivity contribution in [2.24, 2.45) is 0 Å². The molecule has 1 aliphatic rings. The Morgan fingerprint density at radius 1 is 1.03 bits per heavy atom. The van der Waals surface area contributed by atoms with Gasteiger partial charge in [-0.05, 0) is 62.2 Å². The van der Waals surface area contributed by atoms with Crippen LogP contribution in [0.1, 0.15) is 29.7 Å². The zero-order valence-corrected chi connectivity index (χ0v) is 21.0. The van der Waals surface area contributed by atoms with Crippen LogP contribution in [0, 0.1) is 25.2 Å². The van der Waals surface area contributed by atoms with Crippen molar-refractivity contribution in [2.75, 3.05) is 16.4 Å². The highest BCUT2D eigenvalue weighted by Gasteiger charge is 2.36. The Kier molecular flexibility index (Phi) is 7.62. The first-order valence-electron chi connectivity index (χ1n) is 11.4. The smallest absolute Gasteiger partial charge is 0.254 e. The molecule has 2 aromatic carbocycles. The van der Waals surface area contributed by atoms with Gasteiger partial charge in [-0.3, -0.25) is 9.59 Å². The van der Waals surface area contributed by atoms with Crippen LogP contribution >= 0.6 is 11.8 Å². The van der Waals surface area contributed by atoms with Crippen molar-refractivity contribution in [3.8, 4) is 6.07 Å². The fraction of sp³-hybridized carbons (Fsp3) is 0.179. The fourth-order valence-corrected chi connectivity index (χ4v) is 4.89. The van der Waals surface area contributed by atoms with Crippen molar-refractivity contribution >= 4 is 35.0 Å². The molecule has 1 aliphatic heterocycles. The molecule has 3 aromatic rings. The van der Waals surface area contributed by atoms with Crippen molar-refractivity contribution in [3.63, 3.8) is 0 Å². The SMILES string of the molecule is CC1=C(C(=O)Nc2ccccc2)[C@@H](c2ccco2)C(C#N)=C(SCC(=O)Nc2cccc(C)c2C)N1. The predicted molar refractivity (Wildman–Crippen MR) is 142 cm³/mol. The number of allylic oxidation sites excluding steroid dienone is 2. The molecule has 0 unspecified atom stereocenters. The maximum absolute atomic E-state index is 13.3. The number of nitrogens with zero attached hydrogens (tertiary/aromatic N) is 1. The van der Waals surface area contributed by atoms with Gasteiger partial charge in [0.25, 0.3) is 5.91 Å². The lowest BCUT2D eigenvalue weighted by Gasteiger charge is -2.28. The molecule has 4 rings (SSSR count). The highest BCUT2D eigenvalue weighted by molar-refractivity contribution is 8.03. The summed E-state index contributed by atoms with van der Waals surface area (Å²) in [7, 11) is 0. The van der Waals surface area contributed by atoms with Crippen LogP contribution in [0.5, 0.6) is 0 Å². The number of benzene rings is 2. The van der Waals surface area contributed by atoms with Crippen molar-refractivity contribution in [1.82, 2.24) is 5.32 Å². The quantitative estimate of drug-likeness (QED) is 0.391. The number of aryl methyl sites for hydroxylation is 1. The van der Waals surface area contributed by atoms with E-state index in [2.05, 4.69) is 22.0 Å². The van der Waals surface area contributed by atoms with Gasteiger partial charge in [0.1, 0.15) is 5.76 Å². The molecule has 8 heteroatoms. The molecule has 0 radical (unpaired) electrons. The van der Waals surface area contributed by atoms with E-state index in [1.807, 2.05) is 50.2 Å². The summed E-state index contributed by atoms with van der Waals surface area (Å²) in [6.07, 6.45) is 1.51. The van der Waals surface area contributed by atoms with Crippen LogP contribution in [0.25, 0.3) is 0 Å². The van der Waals surface area contributed by atoms with E-state index in [0.717, 1.165) is 16.8 Å². The molecule has 0 saturated heterocycles. The minimum absolute atomic E-state index is 0.0879. The monoisotopic (exact) mass is 498 g/mol. The van der Waals surface area contributed by atoms with Gasteiger partial charge in [-0.2, -0.15) is 5.26 Å². The number of hydrogen-bond donors (Lipinski definition) is 3. The van der Waals surface area contributed by atoms with Gasteiger partial charge in [0.2, 0.25) is 5.91 Å². The second-order valence-electron chi connectivity index (χ2n) is 8.37. The molecular formula is C28H26N4O3S. The van der Waals surface area contributed by atoms with Crippen molar-refractivity contribution in [2.45, 2.75) is 26.7 Å². The molecule has 7 nitrogen and oxygen atoms in total. The summed E-state index contributed by atoms with van der Waals surface area (Å²) in [5, 5.41) is 19.7. The second-order valence-corrected chi connectivity index (χ2v) is 9.36. The third-order valence-corrected chi connectivity index (χ3v) is 6.99. The number of rotatable bonds is 7. The third kappa shape index (κ3) is 5.37. The van der Waals surface area contributed by atoms with Gasteiger partial charge in [-0.15, -0.1) is 0 Å². The zero-order valence-electron chi connectivity index (χ0n) is 20.2. The number of carbonyl (C=O) groups excluding carboxylic acids is 2. The van der Waals surface area contributed by atoms with Gasteiger partial charge in [-0.1, -0.05) is 42.1 Å². The van der Waals surface area contributed by atoms with Crippen molar-refractivity contribution in [1.29, 1.82) is 5.26 Å². The van der Waals surface area contributed by atoms with Gasteiger partial charge in [-0.25, -0.2) is 0 Å². The van der Waals surface area contributed by atoms with Crippen LogP contribution in [0.3, 0.4) is 0 Å². The highest BCUT2D eigenvalue weighted by atomic mass is 32.2. The van der Waals surface area contributed by atoms with E-state index in [4.69, 9.17) is 4.42 Å². The number of hydrogen-bond acceptors (Lipinski definition) is 6. The van der Waals surface area contributed by atoms with E-state index >= 15 is 0 Å². The largest absolute Gasteiger partial charge is 0.468 e. The topological polar surface area (TPSA) is 107 Å². The molecule has 0 bridgehead atoms. The first kappa shape index (κ1) is 24.9. The number of carbonyl (C=O) groups is 2. The van der Waals surface area contributed by atoms with Crippen LogP contribution in [0.4, 0.5) is 11.4 Å². The third-order valence-electron chi connectivity index (χ3n) is 5.98. The van der Waals surface area contributed by atoms with E-state index in [9.17, 15) is 14.9 Å². The minimum Gasteiger partial charge on any atom is -0.468 e. The Labute approximate surface area is 214 Å². The Balaban J connectivity index is 1.58. The molecule has 0 saturated carbocycles. The lowest BCUT2D eigenvalue weighted by Crippen LogP contribution is -2.31. The molecule has 0 aliphatic carbocycles. The van der Waals surface area contributed by atoms with Gasteiger partial charge < -0.3 is 20.4 Å². The summed E-state index contributed by atoms with van der Waals surface area (Å²) < 4.78 is 5.65. The van der Waals surface area contributed by atoms with Gasteiger partial charge in [0, 0.05) is 17.1 Å². The average Bonchev–Trinajstić information content (AvgIpc) is 3.40. The van der Waals surface area contributed by atoms with Crippen molar-refractivity contribution in [3.05, 3.63) is 106 Å². The summed E-state index contributed by atoms with van der Waals surface area (Å²) in [6.45, 7) is 5.73. The zero-order chi connectivity index (χ0) is 25.7. The molecule has 1 aromatic heterocycles. The van der Waals surface area contributed by atoms with E-state index < -0.39 is 5.92 Å². The fourth-order valence-electron chi connectivity index (χ4n) is 4.00. The Hall–Kier alpha value is -4.22. The number of nitriles is 1. The van der Waals surface area contributed by atoms with Crippen LogP contribution in [-0.4, -0.2) is 17.6 Å². The van der Waals surface area contributed by atoms with Gasteiger partial charge >= 0.3 is 0 Å². The van der Waals surface area contributed by atoms with Crippen LogP contribution in [0.2, 0.25) is 0 Å². The lowest BCUT2D eigenvalue weighted by atomic mass is 9.85. The number of thioether (sulfide) groups is 1. The molecular weight excluding hydrogens is 472 g/mol. The molecule has 182 valence electrons. The lowest BCUT2D eigenvalue weighted by molar-refractivity contribution is -0.114. The van der Waals surface area contributed by atoms with Crippen LogP contribution in [0.15, 0.2) is 93.2 Å². The van der Waals surface area contributed by atoms with E-state index in [1.165, 1.54) is 18.0 Å². The molecule has 2 amide bonds. The average molecular weight is 499 g/mol. The molecule has 2 heterocycles. The van der Waals surface area contributed by atoms with Gasteiger partial charge in [0.05, 0.1) is 40.2 Å². The number of nitrogens with one attached hydrogen (secondary N) is 3. The van der Waals surface area contributed by atoms with E-state index in [0.29, 0.717) is 33.3 Å². The predicted octanol–water partition coefficient (Wildman–Crippen LogP) is 5.60. The number of amides is 2. The summed E-state index contributed by atoms with van der Waals surface area (Å²) in [6, 6.07) is 20.6. The standard InChI is InChI=1S/C28H26N4O3S/c1-17-9-7-12-22(18(17)2)32-24(33)16-36-28-21(15-29)26(23-13-8-14-35-23)25(19(3)30-28)27(34)31-20-10-5-4-6-11-20/h4-14,26,30H,16H2,1-3H3,(H,31,34)(H,32,33)/t26-/m1/s1. The number of dihydropyridines is 1. The minimum atomic E-state index is -0.709. The van der Waals surface area contributed by atoms with E-state index in [1.54, 1.807) is 31.2 Å². The Morgan fingerprint density at radius 2 is 1.81 bits per heavy atom. The number of para-hydroxylation sites is 1. The normalized spacial score (nSPS) is 15.2. The van der Waals surface area contributed by atoms with Crippen LogP contribution in [-0.2, 0) is 9.59 Å². The number of furan rings is 1. The summed E-state index contributed by atoms with van der Waals surface area (Å²) >= 11 is 1.22. The molecule has 36 heavy (non-hydrogen) atoms. The summed E-state index contributed by atoms with van der Waals surface area (Å²) in [5.74, 6) is -0.672. The first-order chi connectivity index (χ1) is 17.4. The molecule has 0 fully saturated rings. The number of anilines is 2. The molecule has 3 N–H and O–H groups in total. The summed E-state index contributed by atoms with van der Waals surface area (Å²) in [5.41, 5.74) is 4.79. The molecule has 0 spiro atoms. The maximum Gasteiger partial charge on any atom is 0.254 e. The van der Waals surface area contributed by atoms with E-state index in [-0.39, 0.29) is 17.6 Å². The summed E-state index contributed by atoms with van der Waals surface area (Å²) in [4.78, 5) is 26.0. The van der Waals surface area contributed by atoms with Crippen molar-refractivity contribution < 1.29 is 14.0 Å². The van der Waals surface area contributed by atoms with Gasteiger partial charge in [0.15, 0.2) is 0 Å². The first-order valence-corrected chi connectivity index (χ1v) is 12.4. The Bertz CT molecular complexity index is 1390. The Morgan fingerprint density at radius 3 is 2.50 bits per heavy atom. The molecule has 1 atom stereocenters.